The predicted octanol–water partition coefficient (Wildman–Crippen LogP) is 13.3. The SMILES string of the molecule is C1=CC(C2NC(C3C=CC(C4=CC(C5CC6C(OC7CCC=C(C8C=CC9C%10=C(C=CCC%10)c%10ccccc%10C9C8)C76)c6ccccc65)CCC4)=CC3)NC(C3C=CCCC3)N2)=CCC1. The van der Waals surface area contributed by atoms with Crippen molar-refractivity contribution in [1.29, 1.82) is 0 Å². The molecule has 14 atom stereocenters. The molecule has 65 heavy (non-hydrogen) atoms. The third kappa shape index (κ3) is 7.41. The third-order valence-electron chi connectivity index (χ3n) is 18.2. The molecule has 2 aromatic carbocycles. The Bertz CT molecular complexity index is 2500. The highest BCUT2D eigenvalue weighted by molar-refractivity contribution is 5.82. The van der Waals surface area contributed by atoms with E-state index in [4.69, 9.17) is 4.74 Å². The van der Waals surface area contributed by atoms with Gasteiger partial charge in [-0.3, -0.25) is 16.0 Å². The Labute approximate surface area is 388 Å². The van der Waals surface area contributed by atoms with Crippen LogP contribution in [-0.4, -0.2) is 24.6 Å². The number of nitrogens with one attached hydrogen (secondary N) is 3. The summed E-state index contributed by atoms with van der Waals surface area (Å²) in [4.78, 5) is 0. The molecule has 2 aromatic rings. The first kappa shape index (κ1) is 40.9. The van der Waals surface area contributed by atoms with Crippen LogP contribution in [-0.2, 0) is 4.74 Å². The number of hydrogen-bond donors (Lipinski definition) is 3. The topological polar surface area (TPSA) is 45.3 Å². The quantitative estimate of drug-likeness (QED) is 0.253. The predicted molar refractivity (Wildman–Crippen MR) is 265 cm³/mol. The van der Waals surface area contributed by atoms with Crippen LogP contribution in [0.25, 0.3) is 5.57 Å². The number of benzene rings is 2. The molecular formula is C61H69N3O. The van der Waals surface area contributed by atoms with Crippen molar-refractivity contribution in [1.82, 2.24) is 16.0 Å². The van der Waals surface area contributed by atoms with Gasteiger partial charge in [-0.2, -0.15) is 0 Å². The summed E-state index contributed by atoms with van der Waals surface area (Å²) in [5, 5.41) is 12.1. The molecule has 4 heteroatoms. The lowest BCUT2D eigenvalue weighted by atomic mass is 9.59. The van der Waals surface area contributed by atoms with Gasteiger partial charge in [0.25, 0.3) is 0 Å². The van der Waals surface area contributed by atoms with Gasteiger partial charge in [0.2, 0.25) is 0 Å². The Morgan fingerprint density at radius 2 is 1.46 bits per heavy atom. The van der Waals surface area contributed by atoms with Gasteiger partial charge >= 0.3 is 0 Å². The van der Waals surface area contributed by atoms with Gasteiger partial charge in [0, 0.05) is 23.7 Å². The minimum atomic E-state index is 0.179. The smallest absolute Gasteiger partial charge is 0.0866 e. The highest BCUT2D eigenvalue weighted by Gasteiger charge is 2.53. The molecule has 2 heterocycles. The highest BCUT2D eigenvalue weighted by atomic mass is 16.5. The van der Waals surface area contributed by atoms with Crippen molar-refractivity contribution in [3.63, 3.8) is 0 Å². The summed E-state index contributed by atoms with van der Waals surface area (Å²) in [6, 6.07) is 18.9. The highest BCUT2D eigenvalue weighted by Crippen LogP contribution is 2.61. The lowest BCUT2D eigenvalue weighted by Gasteiger charge is -2.45. The van der Waals surface area contributed by atoms with Gasteiger partial charge in [0.05, 0.1) is 30.7 Å². The number of ether oxygens (including phenoxy) is 1. The van der Waals surface area contributed by atoms with E-state index in [0.29, 0.717) is 59.4 Å². The fraction of sp³-hybridized carbons (Fsp3) is 0.475. The van der Waals surface area contributed by atoms with Crippen LogP contribution in [0.2, 0.25) is 0 Å². The molecule has 14 unspecified atom stereocenters. The molecule has 0 amide bonds. The second kappa shape index (κ2) is 17.4. The third-order valence-corrected chi connectivity index (χ3v) is 18.2. The van der Waals surface area contributed by atoms with Gasteiger partial charge < -0.3 is 4.74 Å². The van der Waals surface area contributed by atoms with Gasteiger partial charge in [-0.05, 0) is 170 Å². The van der Waals surface area contributed by atoms with Gasteiger partial charge in [-0.25, -0.2) is 0 Å². The summed E-state index contributed by atoms with van der Waals surface area (Å²) < 4.78 is 7.31. The zero-order valence-corrected chi connectivity index (χ0v) is 38.3. The van der Waals surface area contributed by atoms with E-state index in [2.05, 4.69) is 150 Å². The fourth-order valence-electron chi connectivity index (χ4n) is 15.2. The molecule has 0 aromatic heterocycles. The van der Waals surface area contributed by atoms with Crippen LogP contribution in [0.5, 0.6) is 0 Å². The van der Waals surface area contributed by atoms with Crippen molar-refractivity contribution in [2.24, 2.45) is 41.4 Å². The molecule has 0 bridgehead atoms. The second-order valence-corrected chi connectivity index (χ2v) is 21.6. The number of allylic oxidation sites excluding steroid dienone is 15. The van der Waals surface area contributed by atoms with Crippen LogP contribution < -0.4 is 16.0 Å². The van der Waals surface area contributed by atoms with Crippen molar-refractivity contribution in [2.75, 3.05) is 0 Å². The van der Waals surface area contributed by atoms with Crippen molar-refractivity contribution < 1.29 is 4.74 Å². The van der Waals surface area contributed by atoms with Crippen LogP contribution in [0, 0.1) is 41.4 Å². The molecule has 11 aliphatic rings. The van der Waals surface area contributed by atoms with Crippen molar-refractivity contribution in [2.45, 2.75) is 139 Å². The lowest BCUT2D eigenvalue weighted by molar-refractivity contribution is 0.0180. The summed E-state index contributed by atoms with van der Waals surface area (Å²) in [6.45, 7) is 0. The van der Waals surface area contributed by atoms with E-state index in [9.17, 15) is 0 Å². The van der Waals surface area contributed by atoms with Crippen LogP contribution in [0.1, 0.15) is 137 Å². The second-order valence-electron chi connectivity index (χ2n) is 21.6. The standard InChI is InChI=1S/C61H69N3O/c1-3-15-39(16-4-1)59-62-60(40-17-5-2-6-18-40)64-61(63-59)41-31-29-38(30-32-41)42-19-13-20-43(35-42)53-37-55-57-45(27-14-28-56(57)65-58(55)52-26-12-11-25-50(52)53)44-33-34-51-48-23-8-7-21-46(48)47-22-9-10-24-49(47)54(51)36-44/h3,5,7,9-12,15-17,21-22,24-27,29-31,33-35,40-41,43-44,51,53-64H,1-2,4,6,8,13-14,18-20,23,28,32,36-37H2. The fourth-order valence-corrected chi connectivity index (χ4v) is 15.2. The van der Waals surface area contributed by atoms with E-state index >= 15 is 0 Å². The van der Waals surface area contributed by atoms with E-state index < -0.39 is 0 Å². The number of fused-ring (bicyclic) bond motifs is 10. The van der Waals surface area contributed by atoms with Crippen molar-refractivity contribution in [3.05, 3.63) is 184 Å². The Kier molecular flexibility index (Phi) is 11.0. The number of hydrogen-bond acceptors (Lipinski definition) is 4. The first-order chi connectivity index (χ1) is 32.2. The zero-order chi connectivity index (χ0) is 42.8. The van der Waals surface area contributed by atoms with Gasteiger partial charge in [0.1, 0.15) is 0 Å². The minimum Gasteiger partial charge on any atom is -0.369 e. The molecule has 334 valence electrons. The summed E-state index contributed by atoms with van der Waals surface area (Å²) in [5.74, 6) is 4.66. The van der Waals surface area contributed by atoms with E-state index in [1.54, 1.807) is 27.8 Å². The number of rotatable bonds is 6. The van der Waals surface area contributed by atoms with Crippen LogP contribution in [0.4, 0.5) is 0 Å². The van der Waals surface area contributed by atoms with Gasteiger partial charge in [-0.15, -0.1) is 0 Å². The maximum absolute atomic E-state index is 7.31. The molecule has 2 aliphatic heterocycles. The molecule has 4 nitrogen and oxygen atoms in total. The molecule has 0 saturated carbocycles. The van der Waals surface area contributed by atoms with Crippen LogP contribution in [0.3, 0.4) is 0 Å². The summed E-state index contributed by atoms with van der Waals surface area (Å²) in [6.07, 6.45) is 54.4. The monoisotopic (exact) mass is 860 g/mol. The Morgan fingerprint density at radius 1 is 0.600 bits per heavy atom. The lowest BCUT2D eigenvalue weighted by Crippen LogP contribution is -2.70. The molecule has 3 N–H and O–H groups in total. The molecule has 13 rings (SSSR count). The summed E-state index contributed by atoms with van der Waals surface area (Å²) >= 11 is 0. The van der Waals surface area contributed by atoms with Crippen molar-refractivity contribution in [3.8, 4) is 0 Å². The summed E-state index contributed by atoms with van der Waals surface area (Å²) in [7, 11) is 0. The van der Waals surface area contributed by atoms with E-state index in [0.717, 1.165) is 32.1 Å². The molecular weight excluding hydrogens is 791 g/mol. The van der Waals surface area contributed by atoms with E-state index in [1.165, 1.54) is 92.1 Å². The Balaban J connectivity index is 0.748. The van der Waals surface area contributed by atoms with Crippen LogP contribution >= 0.6 is 0 Å². The maximum Gasteiger partial charge on any atom is 0.0866 e. The molecule has 0 radical (unpaired) electrons. The maximum atomic E-state index is 7.31. The van der Waals surface area contributed by atoms with E-state index in [-0.39, 0.29) is 24.6 Å². The van der Waals surface area contributed by atoms with Crippen LogP contribution in [0.15, 0.2) is 161 Å². The van der Waals surface area contributed by atoms with Crippen molar-refractivity contribution >= 4 is 5.57 Å². The van der Waals surface area contributed by atoms with Gasteiger partial charge in [-0.1, -0.05) is 145 Å². The molecule has 9 aliphatic carbocycles. The Hall–Kier alpha value is -4.32. The average molecular weight is 860 g/mol. The van der Waals surface area contributed by atoms with E-state index in [1.807, 2.05) is 0 Å². The van der Waals surface area contributed by atoms with Gasteiger partial charge in [0.15, 0.2) is 0 Å². The minimum absolute atomic E-state index is 0.179. The largest absolute Gasteiger partial charge is 0.369 e. The zero-order valence-electron chi connectivity index (χ0n) is 38.3. The first-order valence-electron chi connectivity index (χ1n) is 26.2. The molecule has 2 saturated heterocycles. The normalized spacial score (nSPS) is 39.1. The molecule has 0 spiro atoms. The first-order valence-corrected chi connectivity index (χ1v) is 26.2. The average Bonchev–Trinajstić information content (AvgIpc) is 3.78. The molecule has 2 fully saturated rings. The summed E-state index contributed by atoms with van der Waals surface area (Å²) in [5.41, 5.74) is 15.5. The Morgan fingerprint density at radius 3 is 2.32 bits per heavy atom.